The Labute approximate surface area is 136 Å². The first-order valence-electron chi connectivity index (χ1n) is 6.43. The lowest BCUT2D eigenvalue weighted by Gasteiger charge is -2.10. The number of hydrogen-bond acceptors (Lipinski definition) is 9. The van der Waals surface area contributed by atoms with Crippen LogP contribution in [0.25, 0.3) is 0 Å². The number of aromatic nitrogens is 3. The maximum atomic E-state index is 12.0. The summed E-state index contributed by atoms with van der Waals surface area (Å²) in [4.78, 5) is 23.4. The summed E-state index contributed by atoms with van der Waals surface area (Å²) in [6.07, 6.45) is 0. The number of hydrogen-bond donors (Lipinski definition) is 3. The summed E-state index contributed by atoms with van der Waals surface area (Å²) < 4.78 is 10.3. The van der Waals surface area contributed by atoms with Crippen molar-refractivity contribution in [3.63, 3.8) is 0 Å². The summed E-state index contributed by atoms with van der Waals surface area (Å²) in [7, 11) is 3.06. The van der Waals surface area contributed by atoms with Crippen molar-refractivity contribution >= 4 is 35.3 Å². The van der Waals surface area contributed by atoms with E-state index in [2.05, 4.69) is 20.3 Å². The third kappa shape index (κ3) is 4.61. The van der Waals surface area contributed by atoms with Crippen molar-refractivity contribution in [2.24, 2.45) is 0 Å². The molecular formula is C13H16N6O3S. The van der Waals surface area contributed by atoms with E-state index in [1.807, 2.05) is 0 Å². The third-order valence-electron chi connectivity index (χ3n) is 2.65. The molecule has 2 rings (SSSR count). The van der Waals surface area contributed by atoms with Gasteiger partial charge >= 0.3 is 0 Å². The van der Waals surface area contributed by atoms with E-state index in [0.29, 0.717) is 17.2 Å². The first-order valence-corrected chi connectivity index (χ1v) is 7.42. The number of nitrogens with one attached hydrogen (secondary N) is 1. The van der Waals surface area contributed by atoms with E-state index in [1.165, 1.54) is 7.11 Å². The smallest absolute Gasteiger partial charge is 0.234 e. The van der Waals surface area contributed by atoms with Gasteiger partial charge in [-0.2, -0.15) is 15.0 Å². The number of anilines is 3. The fraction of sp³-hybridized carbons (Fsp3) is 0.231. The van der Waals surface area contributed by atoms with Crippen LogP contribution in [-0.4, -0.2) is 40.8 Å². The molecule has 1 heterocycles. The molecule has 23 heavy (non-hydrogen) atoms. The number of rotatable bonds is 6. The molecular weight excluding hydrogens is 320 g/mol. The largest absolute Gasteiger partial charge is 0.493 e. The fourth-order valence-electron chi connectivity index (χ4n) is 1.69. The first kappa shape index (κ1) is 16.6. The number of nitrogens with two attached hydrogens (primary N) is 2. The average molecular weight is 336 g/mol. The Kier molecular flexibility index (Phi) is 5.41. The topological polar surface area (TPSA) is 138 Å². The van der Waals surface area contributed by atoms with Crippen LogP contribution in [0.4, 0.5) is 17.6 Å². The number of carbonyl (C=O) groups is 1. The quantitative estimate of drug-likeness (QED) is 0.653. The minimum atomic E-state index is -0.236. The Balaban J connectivity index is 1.97. The highest BCUT2D eigenvalue weighted by atomic mass is 32.2. The monoisotopic (exact) mass is 336 g/mol. The predicted molar refractivity (Wildman–Crippen MR) is 87.6 cm³/mol. The minimum absolute atomic E-state index is 0.0142. The molecule has 1 amide bonds. The van der Waals surface area contributed by atoms with E-state index < -0.39 is 0 Å². The molecule has 0 saturated heterocycles. The van der Waals surface area contributed by atoms with Gasteiger partial charge in [-0.05, 0) is 12.1 Å². The molecule has 0 aliphatic carbocycles. The maximum absolute atomic E-state index is 12.0. The van der Waals surface area contributed by atoms with Crippen molar-refractivity contribution in [1.29, 1.82) is 0 Å². The Morgan fingerprint density at radius 2 is 1.78 bits per heavy atom. The lowest BCUT2D eigenvalue weighted by atomic mass is 10.2. The van der Waals surface area contributed by atoms with Crippen LogP contribution in [0.3, 0.4) is 0 Å². The zero-order valence-electron chi connectivity index (χ0n) is 12.6. The standard InChI is InChI=1S/C13H16N6O3S/c1-21-8-4-3-7(5-9(8)22-2)16-10(20)6-23-13-18-11(14)17-12(15)19-13/h3-5H,6H2,1-2H3,(H,16,20)(H4,14,15,17,18,19). The highest BCUT2D eigenvalue weighted by Gasteiger charge is 2.10. The number of nitrogen functional groups attached to an aromatic ring is 2. The van der Waals surface area contributed by atoms with E-state index >= 15 is 0 Å². The Bertz CT molecular complexity index is 692. The van der Waals surface area contributed by atoms with Gasteiger partial charge in [-0.1, -0.05) is 11.8 Å². The molecule has 5 N–H and O–H groups in total. The van der Waals surface area contributed by atoms with Gasteiger partial charge in [-0.15, -0.1) is 0 Å². The minimum Gasteiger partial charge on any atom is -0.493 e. The van der Waals surface area contributed by atoms with Crippen LogP contribution in [0.1, 0.15) is 0 Å². The second kappa shape index (κ2) is 7.49. The lowest BCUT2D eigenvalue weighted by Crippen LogP contribution is -2.14. The van der Waals surface area contributed by atoms with Crippen molar-refractivity contribution in [3.8, 4) is 11.5 Å². The molecule has 0 saturated carbocycles. The number of nitrogens with zero attached hydrogens (tertiary/aromatic N) is 3. The van der Waals surface area contributed by atoms with Crippen molar-refractivity contribution in [3.05, 3.63) is 18.2 Å². The Morgan fingerprint density at radius 3 is 2.39 bits per heavy atom. The molecule has 1 aromatic carbocycles. The molecule has 0 radical (unpaired) electrons. The van der Waals surface area contributed by atoms with Crippen molar-refractivity contribution < 1.29 is 14.3 Å². The molecule has 0 unspecified atom stereocenters. The van der Waals surface area contributed by atoms with E-state index in [1.54, 1.807) is 25.3 Å². The molecule has 1 aromatic heterocycles. The highest BCUT2D eigenvalue weighted by molar-refractivity contribution is 7.99. The van der Waals surface area contributed by atoms with Gasteiger partial charge in [0.05, 0.1) is 20.0 Å². The summed E-state index contributed by atoms with van der Waals surface area (Å²) in [5.74, 6) is 0.990. The van der Waals surface area contributed by atoms with E-state index in [4.69, 9.17) is 20.9 Å². The zero-order chi connectivity index (χ0) is 16.8. The van der Waals surface area contributed by atoms with Gasteiger partial charge < -0.3 is 26.3 Å². The van der Waals surface area contributed by atoms with Gasteiger partial charge in [-0.25, -0.2) is 0 Å². The van der Waals surface area contributed by atoms with Crippen LogP contribution >= 0.6 is 11.8 Å². The van der Waals surface area contributed by atoms with Gasteiger partial charge in [0, 0.05) is 11.8 Å². The molecule has 0 atom stereocenters. The Morgan fingerprint density at radius 1 is 1.13 bits per heavy atom. The number of methoxy groups -OCH3 is 2. The van der Waals surface area contributed by atoms with Gasteiger partial charge in [0.25, 0.3) is 0 Å². The molecule has 0 spiro atoms. The van der Waals surface area contributed by atoms with Gasteiger partial charge in [0.2, 0.25) is 17.8 Å². The van der Waals surface area contributed by atoms with Crippen LogP contribution in [0, 0.1) is 0 Å². The molecule has 10 heteroatoms. The number of ether oxygens (including phenoxy) is 2. The molecule has 9 nitrogen and oxygen atoms in total. The molecule has 0 bridgehead atoms. The number of carbonyl (C=O) groups excluding carboxylic acids is 1. The van der Waals surface area contributed by atoms with Crippen molar-refractivity contribution in [2.45, 2.75) is 5.16 Å². The van der Waals surface area contributed by atoms with Crippen LogP contribution < -0.4 is 26.3 Å². The normalized spacial score (nSPS) is 10.2. The number of amides is 1. The second-order valence-corrected chi connectivity index (χ2v) is 5.18. The zero-order valence-corrected chi connectivity index (χ0v) is 13.4. The van der Waals surface area contributed by atoms with Crippen molar-refractivity contribution in [2.75, 3.05) is 36.8 Å². The van der Waals surface area contributed by atoms with E-state index in [0.717, 1.165) is 11.8 Å². The maximum Gasteiger partial charge on any atom is 0.234 e. The van der Waals surface area contributed by atoms with Gasteiger partial charge in [0.15, 0.2) is 16.7 Å². The molecule has 0 fully saturated rings. The predicted octanol–water partition coefficient (Wildman–Crippen LogP) is 0.784. The van der Waals surface area contributed by atoms with Crippen LogP contribution in [0.2, 0.25) is 0 Å². The van der Waals surface area contributed by atoms with E-state index in [9.17, 15) is 4.79 Å². The van der Waals surface area contributed by atoms with Crippen molar-refractivity contribution in [1.82, 2.24) is 15.0 Å². The summed E-state index contributed by atoms with van der Waals surface area (Å²) in [5, 5.41) is 3.03. The highest BCUT2D eigenvalue weighted by Crippen LogP contribution is 2.29. The van der Waals surface area contributed by atoms with E-state index in [-0.39, 0.29) is 28.7 Å². The molecule has 122 valence electrons. The van der Waals surface area contributed by atoms with Gasteiger partial charge in [-0.3, -0.25) is 4.79 Å². The summed E-state index contributed by atoms with van der Waals surface area (Å²) in [6.45, 7) is 0. The van der Waals surface area contributed by atoms with Gasteiger partial charge in [0.1, 0.15) is 0 Å². The van der Waals surface area contributed by atoms with Crippen LogP contribution in [0.15, 0.2) is 23.4 Å². The Hall–Kier alpha value is -2.75. The summed E-state index contributed by atoms with van der Waals surface area (Å²) in [5.41, 5.74) is 11.5. The lowest BCUT2D eigenvalue weighted by molar-refractivity contribution is -0.113. The SMILES string of the molecule is COc1ccc(NC(=O)CSc2nc(N)nc(N)n2)cc1OC. The number of thioether (sulfide) groups is 1. The third-order valence-corrected chi connectivity index (χ3v) is 3.50. The molecule has 0 aliphatic rings. The molecule has 0 aliphatic heterocycles. The summed E-state index contributed by atoms with van der Waals surface area (Å²) in [6, 6.07) is 5.08. The van der Waals surface area contributed by atoms with Crippen LogP contribution in [-0.2, 0) is 4.79 Å². The van der Waals surface area contributed by atoms with Crippen LogP contribution in [0.5, 0.6) is 11.5 Å². The average Bonchev–Trinajstić information content (AvgIpc) is 2.52. The molecule has 2 aromatic rings. The summed E-state index contributed by atoms with van der Waals surface area (Å²) >= 11 is 1.10. The first-order chi connectivity index (χ1) is 11.0. The fourth-order valence-corrected chi connectivity index (χ4v) is 2.34. The number of benzene rings is 1. The second-order valence-electron chi connectivity index (χ2n) is 4.24.